The van der Waals surface area contributed by atoms with E-state index in [1.807, 2.05) is 6.07 Å². The van der Waals surface area contributed by atoms with Gasteiger partial charge in [0.05, 0.1) is 30.8 Å². The summed E-state index contributed by atoms with van der Waals surface area (Å²) in [6.07, 6.45) is -5.01. The van der Waals surface area contributed by atoms with Crippen molar-refractivity contribution in [1.29, 1.82) is 0 Å². The third kappa shape index (κ3) is 6.13. The zero-order valence-corrected chi connectivity index (χ0v) is 19.8. The summed E-state index contributed by atoms with van der Waals surface area (Å²) in [5, 5.41) is 2.78. The average molecular weight is 534 g/mol. The molecule has 6 nitrogen and oxygen atoms in total. The molecule has 0 aliphatic carbocycles. The molecular formula is C26H20F6N4O2. The highest BCUT2D eigenvalue weighted by Gasteiger charge is 2.37. The molecule has 1 N–H and O–H groups in total. The van der Waals surface area contributed by atoms with Gasteiger partial charge in [0.2, 0.25) is 5.88 Å². The highest BCUT2D eigenvalue weighted by Crippen LogP contribution is 2.38. The minimum atomic E-state index is -4.95. The number of imidazole rings is 1. The molecule has 198 valence electrons. The SMILES string of the molecule is COc1ccc(CCNC(=O)c2cncn2-c2ccc(-c3cc(C(F)(F)F)cc(C(F)(F)F)c3)cc2)cn1. The maximum absolute atomic E-state index is 13.2. The number of nitrogens with zero attached hydrogens (tertiary/aromatic N) is 3. The second-order valence-corrected chi connectivity index (χ2v) is 8.21. The van der Waals surface area contributed by atoms with Crippen LogP contribution in [-0.4, -0.2) is 34.1 Å². The van der Waals surface area contributed by atoms with Crippen LogP contribution in [0, 0.1) is 0 Å². The van der Waals surface area contributed by atoms with Crippen molar-refractivity contribution in [1.82, 2.24) is 19.9 Å². The van der Waals surface area contributed by atoms with Crippen molar-refractivity contribution in [3.8, 4) is 22.7 Å². The maximum atomic E-state index is 13.2. The summed E-state index contributed by atoms with van der Waals surface area (Å²) in [5.41, 5.74) is -1.36. The molecule has 2 heterocycles. The lowest BCUT2D eigenvalue weighted by molar-refractivity contribution is -0.143. The smallest absolute Gasteiger partial charge is 0.416 e. The first kappa shape index (κ1) is 26.7. The normalized spacial score (nSPS) is 11.9. The molecule has 0 saturated heterocycles. The van der Waals surface area contributed by atoms with Crippen molar-refractivity contribution < 1.29 is 35.9 Å². The third-order valence-electron chi connectivity index (χ3n) is 5.64. The molecule has 0 aliphatic rings. The van der Waals surface area contributed by atoms with Gasteiger partial charge in [-0.3, -0.25) is 9.36 Å². The predicted molar refractivity (Wildman–Crippen MR) is 126 cm³/mol. The van der Waals surface area contributed by atoms with Gasteiger partial charge in [-0.05, 0) is 53.4 Å². The zero-order chi connectivity index (χ0) is 27.5. The van der Waals surface area contributed by atoms with E-state index in [1.165, 1.54) is 48.5 Å². The Morgan fingerprint density at radius 1 is 0.895 bits per heavy atom. The third-order valence-corrected chi connectivity index (χ3v) is 5.64. The first-order valence-corrected chi connectivity index (χ1v) is 11.2. The van der Waals surface area contributed by atoms with Gasteiger partial charge in [-0.2, -0.15) is 26.3 Å². The van der Waals surface area contributed by atoms with Crippen molar-refractivity contribution in [2.45, 2.75) is 18.8 Å². The van der Waals surface area contributed by atoms with E-state index in [4.69, 9.17) is 4.74 Å². The predicted octanol–water partition coefficient (Wildman–Crippen LogP) is 5.95. The Balaban J connectivity index is 1.51. The van der Waals surface area contributed by atoms with Crippen LogP contribution in [0.3, 0.4) is 0 Å². The van der Waals surface area contributed by atoms with E-state index in [2.05, 4.69) is 15.3 Å². The summed E-state index contributed by atoms with van der Waals surface area (Å²) in [6.45, 7) is 0.314. The van der Waals surface area contributed by atoms with Crippen molar-refractivity contribution >= 4 is 5.91 Å². The molecule has 38 heavy (non-hydrogen) atoms. The summed E-state index contributed by atoms with van der Waals surface area (Å²) >= 11 is 0. The van der Waals surface area contributed by atoms with E-state index in [0.717, 1.165) is 5.56 Å². The molecular weight excluding hydrogens is 514 g/mol. The van der Waals surface area contributed by atoms with Crippen molar-refractivity contribution in [3.63, 3.8) is 0 Å². The molecule has 4 aromatic rings. The number of hydrogen-bond donors (Lipinski definition) is 1. The maximum Gasteiger partial charge on any atom is 0.416 e. The highest BCUT2D eigenvalue weighted by atomic mass is 19.4. The Morgan fingerprint density at radius 2 is 1.55 bits per heavy atom. The molecule has 0 aliphatic heterocycles. The number of carbonyl (C=O) groups is 1. The molecule has 12 heteroatoms. The molecule has 0 spiro atoms. The van der Waals surface area contributed by atoms with E-state index in [-0.39, 0.29) is 22.9 Å². The standard InChI is InChI=1S/C26H20F6N4O2/c1-38-23-7-2-16(13-35-23)8-9-34-24(37)22-14-33-15-36(22)21-5-3-17(4-6-21)18-10-19(25(27,28)29)12-20(11-18)26(30,31)32/h2-7,10-15H,8-9H2,1H3,(H,34,37). The Labute approximate surface area is 212 Å². The number of hydrogen-bond acceptors (Lipinski definition) is 4. The minimum absolute atomic E-state index is 0.0827. The van der Waals surface area contributed by atoms with Crippen molar-refractivity contribution in [2.24, 2.45) is 0 Å². The fraction of sp³-hybridized carbons (Fsp3) is 0.192. The van der Waals surface area contributed by atoms with Gasteiger partial charge in [-0.1, -0.05) is 18.2 Å². The Bertz CT molecular complexity index is 1380. The average Bonchev–Trinajstić information content (AvgIpc) is 3.38. The van der Waals surface area contributed by atoms with Gasteiger partial charge in [0.25, 0.3) is 5.91 Å². The van der Waals surface area contributed by atoms with Crippen LogP contribution in [0.5, 0.6) is 5.88 Å². The molecule has 0 atom stereocenters. The van der Waals surface area contributed by atoms with E-state index in [9.17, 15) is 31.1 Å². The van der Waals surface area contributed by atoms with Gasteiger partial charge in [0.1, 0.15) is 5.69 Å². The van der Waals surface area contributed by atoms with E-state index in [1.54, 1.807) is 12.3 Å². The Hall–Kier alpha value is -4.35. The second-order valence-electron chi connectivity index (χ2n) is 8.21. The molecule has 1 amide bonds. The molecule has 2 aromatic carbocycles. The number of halogens is 6. The molecule has 0 unspecified atom stereocenters. The number of alkyl halides is 6. The first-order chi connectivity index (χ1) is 18.0. The van der Waals surface area contributed by atoms with Gasteiger partial charge in [0.15, 0.2) is 0 Å². The molecule has 0 fully saturated rings. The zero-order valence-electron chi connectivity index (χ0n) is 19.8. The minimum Gasteiger partial charge on any atom is -0.481 e. The lowest BCUT2D eigenvalue weighted by atomic mass is 9.99. The Kier molecular flexibility index (Phi) is 7.42. The fourth-order valence-corrected chi connectivity index (χ4v) is 3.70. The number of ether oxygens (including phenoxy) is 1. The van der Waals surface area contributed by atoms with Gasteiger partial charge < -0.3 is 10.1 Å². The number of rotatable bonds is 7. The monoisotopic (exact) mass is 534 g/mol. The van der Waals surface area contributed by atoms with Gasteiger partial charge in [-0.25, -0.2) is 9.97 Å². The number of aromatic nitrogens is 3. The molecule has 0 radical (unpaired) electrons. The summed E-state index contributed by atoms with van der Waals surface area (Å²) in [4.78, 5) is 20.8. The number of carbonyl (C=O) groups excluding carboxylic acids is 1. The van der Waals surface area contributed by atoms with Gasteiger partial charge in [0, 0.05) is 24.5 Å². The Morgan fingerprint density at radius 3 is 2.11 bits per heavy atom. The van der Waals surface area contributed by atoms with Gasteiger partial charge in [-0.15, -0.1) is 0 Å². The van der Waals surface area contributed by atoms with Crippen molar-refractivity contribution in [2.75, 3.05) is 13.7 Å². The van der Waals surface area contributed by atoms with Crippen LogP contribution in [0.1, 0.15) is 27.2 Å². The second kappa shape index (κ2) is 10.6. The lowest BCUT2D eigenvalue weighted by Gasteiger charge is -2.15. The van der Waals surface area contributed by atoms with Crippen LogP contribution in [0.2, 0.25) is 0 Å². The van der Waals surface area contributed by atoms with Crippen LogP contribution in [-0.2, 0) is 18.8 Å². The number of benzene rings is 2. The number of nitrogens with one attached hydrogen (secondary N) is 1. The van der Waals surface area contributed by atoms with Crippen LogP contribution >= 0.6 is 0 Å². The highest BCUT2D eigenvalue weighted by molar-refractivity contribution is 5.93. The topological polar surface area (TPSA) is 69.0 Å². The van der Waals surface area contributed by atoms with E-state index in [0.29, 0.717) is 36.7 Å². The van der Waals surface area contributed by atoms with Gasteiger partial charge >= 0.3 is 12.4 Å². The number of pyridine rings is 1. The van der Waals surface area contributed by atoms with E-state index < -0.39 is 29.4 Å². The summed E-state index contributed by atoms with van der Waals surface area (Å²) in [7, 11) is 1.51. The quantitative estimate of drug-likeness (QED) is 0.298. The van der Waals surface area contributed by atoms with Crippen LogP contribution in [0.4, 0.5) is 26.3 Å². The van der Waals surface area contributed by atoms with Crippen molar-refractivity contribution in [3.05, 3.63) is 95.7 Å². The summed E-state index contributed by atoms with van der Waals surface area (Å²) in [6, 6.07) is 10.7. The molecule has 0 bridgehead atoms. The molecule has 0 saturated carbocycles. The molecule has 4 rings (SSSR count). The number of methoxy groups -OCH3 is 1. The van der Waals surface area contributed by atoms with Crippen LogP contribution < -0.4 is 10.1 Å². The summed E-state index contributed by atoms with van der Waals surface area (Å²) < 4.78 is 85.7. The number of amides is 1. The van der Waals surface area contributed by atoms with Crippen LogP contribution in [0.15, 0.2) is 73.3 Å². The fourth-order valence-electron chi connectivity index (χ4n) is 3.70. The summed E-state index contributed by atoms with van der Waals surface area (Å²) in [5.74, 6) is 0.0577. The molecule has 2 aromatic heterocycles. The van der Waals surface area contributed by atoms with E-state index >= 15 is 0 Å². The first-order valence-electron chi connectivity index (χ1n) is 11.2. The lowest BCUT2D eigenvalue weighted by Crippen LogP contribution is -2.27. The largest absolute Gasteiger partial charge is 0.481 e. The van der Waals surface area contributed by atoms with Crippen LogP contribution in [0.25, 0.3) is 16.8 Å².